The first-order valence-corrected chi connectivity index (χ1v) is 8.54. The number of amides is 2. The van der Waals surface area contributed by atoms with Crippen molar-refractivity contribution in [3.8, 4) is 0 Å². The molecule has 2 atom stereocenters. The third-order valence-electron chi connectivity index (χ3n) is 4.19. The van der Waals surface area contributed by atoms with Crippen LogP contribution in [0.4, 0.5) is 4.79 Å². The van der Waals surface area contributed by atoms with Crippen molar-refractivity contribution in [2.75, 3.05) is 26.8 Å². The lowest BCUT2D eigenvalue weighted by molar-refractivity contribution is -0.134. The summed E-state index contributed by atoms with van der Waals surface area (Å²) in [6.07, 6.45) is 0.292. The maximum Gasteiger partial charge on any atom is 0.405 e. The van der Waals surface area contributed by atoms with Crippen LogP contribution in [0.3, 0.4) is 0 Å². The van der Waals surface area contributed by atoms with Gasteiger partial charge >= 0.3 is 6.09 Å². The first-order chi connectivity index (χ1) is 11.9. The molecular weight excluding hydrogens is 346 g/mol. The van der Waals surface area contributed by atoms with Crippen molar-refractivity contribution < 1.29 is 19.1 Å². The predicted octanol–water partition coefficient (Wildman–Crippen LogP) is 1.23. The molecule has 0 bridgehead atoms. The fraction of sp³-hybridized carbons (Fsp3) is 0.529. The lowest BCUT2D eigenvalue weighted by Gasteiger charge is -2.39. The van der Waals surface area contributed by atoms with E-state index in [2.05, 4.69) is 10.6 Å². The third-order valence-corrected chi connectivity index (χ3v) is 4.44. The van der Waals surface area contributed by atoms with Crippen LogP contribution in [0.2, 0.25) is 5.02 Å². The molecule has 138 valence electrons. The zero-order valence-corrected chi connectivity index (χ0v) is 15.0. The molecule has 1 heterocycles. The Balaban J connectivity index is 2.13. The van der Waals surface area contributed by atoms with Gasteiger partial charge in [0.25, 0.3) is 5.91 Å². The van der Waals surface area contributed by atoms with Gasteiger partial charge in [-0.05, 0) is 43.5 Å². The van der Waals surface area contributed by atoms with Crippen LogP contribution in [-0.2, 0) is 20.7 Å². The number of carbonyl (C=O) groups excluding carboxylic acids is 2. The number of nitrogens with two attached hydrogens (primary N) is 1. The number of primary amides is 1. The summed E-state index contributed by atoms with van der Waals surface area (Å²) in [6, 6.07) is 7.54. The van der Waals surface area contributed by atoms with Gasteiger partial charge in [0.05, 0.1) is 12.1 Å². The van der Waals surface area contributed by atoms with Gasteiger partial charge < -0.3 is 25.8 Å². The number of carbonyl (C=O) groups is 2. The molecule has 1 saturated heterocycles. The van der Waals surface area contributed by atoms with E-state index in [9.17, 15) is 9.59 Å². The lowest BCUT2D eigenvalue weighted by atomic mass is 9.83. The van der Waals surface area contributed by atoms with E-state index in [1.165, 1.54) is 7.11 Å². The fourth-order valence-electron chi connectivity index (χ4n) is 3.06. The Hall–Kier alpha value is -1.83. The molecule has 1 fully saturated rings. The van der Waals surface area contributed by atoms with E-state index in [1.54, 1.807) is 0 Å². The average Bonchev–Trinajstić information content (AvgIpc) is 2.57. The fourth-order valence-corrected chi connectivity index (χ4v) is 3.19. The summed E-state index contributed by atoms with van der Waals surface area (Å²) in [5.41, 5.74) is 5.63. The van der Waals surface area contributed by atoms with Crippen molar-refractivity contribution in [1.82, 2.24) is 10.6 Å². The van der Waals surface area contributed by atoms with Crippen molar-refractivity contribution >= 4 is 23.6 Å². The molecule has 2 amide bonds. The molecule has 1 aromatic carbocycles. The second-order valence-corrected chi connectivity index (χ2v) is 6.67. The Morgan fingerprint density at radius 3 is 2.68 bits per heavy atom. The summed E-state index contributed by atoms with van der Waals surface area (Å²) < 4.78 is 9.82. The van der Waals surface area contributed by atoms with E-state index in [-0.39, 0.29) is 6.61 Å². The Labute approximate surface area is 152 Å². The van der Waals surface area contributed by atoms with Crippen LogP contribution in [-0.4, -0.2) is 50.4 Å². The van der Waals surface area contributed by atoms with E-state index in [4.69, 9.17) is 26.8 Å². The van der Waals surface area contributed by atoms with Crippen LogP contribution in [0.15, 0.2) is 24.3 Å². The summed E-state index contributed by atoms with van der Waals surface area (Å²) in [6.45, 7) is 1.47. The van der Waals surface area contributed by atoms with E-state index < -0.39 is 23.6 Å². The summed E-state index contributed by atoms with van der Waals surface area (Å²) in [4.78, 5) is 23.6. The highest BCUT2D eigenvalue weighted by molar-refractivity contribution is 6.30. The van der Waals surface area contributed by atoms with Crippen LogP contribution in [0.1, 0.15) is 18.4 Å². The van der Waals surface area contributed by atoms with E-state index in [0.717, 1.165) is 24.9 Å². The summed E-state index contributed by atoms with van der Waals surface area (Å²) in [7, 11) is 1.43. The maximum absolute atomic E-state index is 12.6. The van der Waals surface area contributed by atoms with Gasteiger partial charge in [-0.3, -0.25) is 4.79 Å². The smallest absolute Gasteiger partial charge is 0.405 e. The second kappa shape index (κ2) is 9.03. The topological polar surface area (TPSA) is 103 Å². The number of ether oxygens (including phenoxy) is 2. The molecule has 1 aliphatic rings. The first kappa shape index (κ1) is 19.5. The van der Waals surface area contributed by atoms with Crippen LogP contribution < -0.4 is 16.4 Å². The largest absolute Gasteiger partial charge is 0.434 e. The van der Waals surface area contributed by atoms with Crippen LogP contribution in [0, 0.1) is 0 Å². The molecule has 1 aliphatic heterocycles. The SMILES string of the molecule is COCC(OC(N)=O)C(=O)N[C@@]1(Cc2ccc(Cl)cc2)CCCNC1. The van der Waals surface area contributed by atoms with Gasteiger partial charge in [-0.15, -0.1) is 0 Å². The van der Waals surface area contributed by atoms with E-state index in [0.29, 0.717) is 18.0 Å². The molecule has 0 aliphatic carbocycles. The average molecular weight is 370 g/mol. The molecule has 0 saturated carbocycles. The number of nitrogens with one attached hydrogen (secondary N) is 2. The summed E-state index contributed by atoms with van der Waals surface area (Å²) in [5, 5.41) is 7.02. The zero-order valence-electron chi connectivity index (χ0n) is 14.2. The molecule has 1 aromatic rings. The lowest BCUT2D eigenvalue weighted by Crippen LogP contribution is -2.61. The van der Waals surface area contributed by atoms with Crippen LogP contribution >= 0.6 is 11.6 Å². The molecular formula is C17H24ClN3O4. The molecule has 1 unspecified atom stereocenters. The highest BCUT2D eigenvalue weighted by Gasteiger charge is 2.36. The maximum atomic E-state index is 12.6. The van der Waals surface area contributed by atoms with Gasteiger partial charge in [-0.1, -0.05) is 23.7 Å². The number of halogens is 1. The van der Waals surface area contributed by atoms with Crippen LogP contribution in [0.25, 0.3) is 0 Å². The van der Waals surface area contributed by atoms with Crippen molar-refractivity contribution in [3.63, 3.8) is 0 Å². The zero-order chi connectivity index (χ0) is 18.3. The van der Waals surface area contributed by atoms with Crippen molar-refractivity contribution in [1.29, 1.82) is 0 Å². The number of rotatable bonds is 7. The monoisotopic (exact) mass is 369 g/mol. The third kappa shape index (κ3) is 5.88. The molecule has 7 nitrogen and oxygen atoms in total. The minimum atomic E-state index is -1.08. The van der Waals surface area contributed by atoms with Gasteiger partial charge in [0, 0.05) is 18.7 Å². The highest BCUT2D eigenvalue weighted by atomic mass is 35.5. The number of hydrogen-bond donors (Lipinski definition) is 3. The Kier molecular flexibility index (Phi) is 7.04. The van der Waals surface area contributed by atoms with Gasteiger partial charge in [0.15, 0.2) is 0 Å². The van der Waals surface area contributed by atoms with Crippen molar-refractivity contribution in [2.24, 2.45) is 5.73 Å². The van der Waals surface area contributed by atoms with Crippen molar-refractivity contribution in [3.05, 3.63) is 34.9 Å². The number of hydrogen-bond acceptors (Lipinski definition) is 5. The van der Waals surface area contributed by atoms with Gasteiger partial charge in [-0.2, -0.15) is 0 Å². The summed E-state index contributed by atoms with van der Waals surface area (Å²) >= 11 is 5.94. The Morgan fingerprint density at radius 2 is 2.12 bits per heavy atom. The molecule has 8 heteroatoms. The summed E-state index contributed by atoms with van der Waals surface area (Å²) in [5.74, 6) is -0.418. The highest BCUT2D eigenvalue weighted by Crippen LogP contribution is 2.23. The minimum Gasteiger partial charge on any atom is -0.434 e. The number of piperidine rings is 1. The molecule has 2 rings (SSSR count). The van der Waals surface area contributed by atoms with E-state index >= 15 is 0 Å². The van der Waals surface area contributed by atoms with Gasteiger partial charge in [0.1, 0.15) is 0 Å². The standard InChI is InChI=1S/C17H24ClN3O4/c1-24-10-14(25-16(19)23)15(22)21-17(7-2-8-20-11-17)9-12-3-5-13(18)6-4-12/h3-6,14,20H,2,7-11H2,1H3,(H2,19,23)(H,21,22)/t14?,17-/m1/s1. The molecule has 0 spiro atoms. The second-order valence-electron chi connectivity index (χ2n) is 6.23. The quantitative estimate of drug-likeness (QED) is 0.670. The normalized spacial score (nSPS) is 21.4. The first-order valence-electron chi connectivity index (χ1n) is 8.16. The Bertz CT molecular complexity index is 588. The molecule has 4 N–H and O–H groups in total. The molecule has 0 radical (unpaired) electrons. The van der Waals surface area contributed by atoms with Gasteiger partial charge in [-0.25, -0.2) is 4.79 Å². The Morgan fingerprint density at radius 1 is 1.40 bits per heavy atom. The number of benzene rings is 1. The van der Waals surface area contributed by atoms with E-state index in [1.807, 2.05) is 24.3 Å². The number of methoxy groups -OCH3 is 1. The van der Waals surface area contributed by atoms with Gasteiger partial charge in [0.2, 0.25) is 6.10 Å². The predicted molar refractivity (Wildman–Crippen MR) is 94.5 cm³/mol. The van der Waals surface area contributed by atoms with Crippen molar-refractivity contribution in [2.45, 2.75) is 30.9 Å². The minimum absolute atomic E-state index is 0.0563. The molecule has 0 aromatic heterocycles. The molecule has 25 heavy (non-hydrogen) atoms. The van der Waals surface area contributed by atoms with Crippen LogP contribution in [0.5, 0.6) is 0 Å².